The van der Waals surface area contributed by atoms with E-state index in [0.717, 1.165) is 24.3 Å². The number of rotatable bonds is 8. The van der Waals surface area contributed by atoms with Gasteiger partial charge < -0.3 is 25.0 Å². The molecule has 3 aromatic heterocycles. The minimum Gasteiger partial charge on any atom is -0.493 e. The number of hydrogen-bond donors (Lipinski definition) is 2. The van der Waals surface area contributed by atoms with Gasteiger partial charge in [0.2, 0.25) is 5.95 Å². The van der Waals surface area contributed by atoms with E-state index in [1.54, 1.807) is 44.9 Å². The summed E-state index contributed by atoms with van der Waals surface area (Å²) in [5, 5.41) is 11.1. The van der Waals surface area contributed by atoms with Crippen LogP contribution >= 0.6 is 0 Å². The van der Waals surface area contributed by atoms with Crippen LogP contribution in [0.2, 0.25) is 0 Å². The van der Waals surface area contributed by atoms with Gasteiger partial charge in [0.15, 0.2) is 11.5 Å². The van der Waals surface area contributed by atoms with Crippen molar-refractivity contribution in [1.82, 2.24) is 29.6 Å². The van der Waals surface area contributed by atoms with E-state index in [0.29, 0.717) is 40.1 Å². The highest BCUT2D eigenvalue weighted by Crippen LogP contribution is 2.36. The SMILES string of the molecule is COc1cc(Nc2nccc(Nc3cnc4c(=O)n(C)ncc4c3)n2)ccc1OC1CC(N(C)C)C1. The highest BCUT2D eigenvalue weighted by Gasteiger charge is 2.32. The first kappa shape index (κ1) is 23.5. The molecule has 0 spiro atoms. The Hall–Kier alpha value is -4.25. The highest BCUT2D eigenvalue weighted by molar-refractivity contribution is 5.80. The van der Waals surface area contributed by atoms with E-state index >= 15 is 0 Å². The molecule has 186 valence electrons. The molecule has 0 radical (unpaired) electrons. The molecule has 0 bridgehead atoms. The highest BCUT2D eigenvalue weighted by atomic mass is 16.5. The standard InChI is InChI=1S/C25H28N8O3/c1-32(2)18-11-19(12-18)36-20-6-5-16(10-21(20)35-4)30-25-26-8-7-22(31-25)29-17-9-15-13-28-33(3)24(34)23(15)27-14-17/h5-10,13-14,18-19H,11-12H2,1-4H3,(H2,26,29,30,31). The predicted molar refractivity (Wildman–Crippen MR) is 137 cm³/mol. The fraction of sp³-hybridized carbons (Fsp3) is 0.320. The van der Waals surface area contributed by atoms with Crippen LogP contribution in [0.25, 0.3) is 10.9 Å². The van der Waals surface area contributed by atoms with Gasteiger partial charge >= 0.3 is 0 Å². The van der Waals surface area contributed by atoms with Gasteiger partial charge in [0.1, 0.15) is 17.4 Å². The zero-order chi connectivity index (χ0) is 25.2. The number of pyridine rings is 1. The van der Waals surface area contributed by atoms with Gasteiger partial charge in [0.05, 0.1) is 25.2 Å². The normalized spacial score (nSPS) is 17.0. The Labute approximate surface area is 208 Å². The molecular formula is C25H28N8O3. The molecule has 11 nitrogen and oxygen atoms in total. The summed E-state index contributed by atoms with van der Waals surface area (Å²) in [6.07, 6.45) is 7.04. The summed E-state index contributed by atoms with van der Waals surface area (Å²) in [6.45, 7) is 0. The molecule has 1 aromatic carbocycles. The Morgan fingerprint density at radius 3 is 2.64 bits per heavy atom. The van der Waals surface area contributed by atoms with E-state index < -0.39 is 0 Å². The monoisotopic (exact) mass is 488 g/mol. The Morgan fingerprint density at radius 2 is 1.86 bits per heavy atom. The topological polar surface area (TPSA) is 119 Å². The van der Waals surface area contributed by atoms with Crippen molar-refractivity contribution in [2.75, 3.05) is 31.8 Å². The molecule has 11 heteroatoms. The van der Waals surface area contributed by atoms with Crippen LogP contribution in [-0.2, 0) is 7.05 Å². The van der Waals surface area contributed by atoms with E-state index in [1.807, 2.05) is 18.2 Å². The van der Waals surface area contributed by atoms with E-state index in [1.165, 1.54) is 4.68 Å². The third-order valence-corrected chi connectivity index (χ3v) is 6.23. The fourth-order valence-electron chi connectivity index (χ4n) is 4.03. The lowest BCUT2D eigenvalue weighted by atomic mass is 9.88. The summed E-state index contributed by atoms with van der Waals surface area (Å²) in [4.78, 5) is 27.5. The molecule has 1 fully saturated rings. The third-order valence-electron chi connectivity index (χ3n) is 6.23. The van der Waals surface area contributed by atoms with Crippen molar-refractivity contribution in [2.24, 2.45) is 7.05 Å². The first-order chi connectivity index (χ1) is 17.4. The van der Waals surface area contributed by atoms with Gasteiger partial charge in [-0.25, -0.2) is 14.6 Å². The predicted octanol–water partition coefficient (Wildman–Crippen LogP) is 3.09. The second-order valence-corrected chi connectivity index (χ2v) is 8.94. The van der Waals surface area contributed by atoms with Crippen LogP contribution in [0.3, 0.4) is 0 Å². The zero-order valence-corrected chi connectivity index (χ0v) is 20.6. The summed E-state index contributed by atoms with van der Waals surface area (Å²) in [5.74, 6) is 2.34. The van der Waals surface area contributed by atoms with Gasteiger partial charge in [-0.1, -0.05) is 0 Å². The van der Waals surface area contributed by atoms with Crippen molar-refractivity contribution in [3.63, 3.8) is 0 Å². The van der Waals surface area contributed by atoms with Crippen molar-refractivity contribution in [2.45, 2.75) is 25.0 Å². The maximum absolute atomic E-state index is 12.2. The number of ether oxygens (including phenoxy) is 2. The molecule has 0 atom stereocenters. The molecule has 2 N–H and O–H groups in total. The van der Waals surface area contributed by atoms with Crippen LogP contribution in [0.4, 0.5) is 23.1 Å². The van der Waals surface area contributed by atoms with Gasteiger partial charge in [-0.3, -0.25) is 4.79 Å². The lowest BCUT2D eigenvalue weighted by Crippen LogP contribution is -2.46. The first-order valence-corrected chi connectivity index (χ1v) is 11.6. The lowest BCUT2D eigenvalue weighted by molar-refractivity contribution is 0.0383. The molecule has 1 saturated carbocycles. The maximum atomic E-state index is 12.2. The molecular weight excluding hydrogens is 460 g/mol. The largest absolute Gasteiger partial charge is 0.493 e. The van der Waals surface area contributed by atoms with Crippen molar-refractivity contribution in [3.8, 4) is 11.5 Å². The summed E-state index contributed by atoms with van der Waals surface area (Å²) in [6, 6.07) is 9.78. The van der Waals surface area contributed by atoms with E-state index in [9.17, 15) is 4.79 Å². The number of nitrogens with one attached hydrogen (secondary N) is 2. The number of nitrogens with zero attached hydrogens (tertiary/aromatic N) is 6. The second-order valence-electron chi connectivity index (χ2n) is 8.94. The van der Waals surface area contributed by atoms with E-state index in [2.05, 4.69) is 49.7 Å². The smallest absolute Gasteiger partial charge is 0.292 e. The van der Waals surface area contributed by atoms with Crippen LogP contribution in [-0.4, -0.2) is 63.0 Å². The van der Waals surface area contributed by atoms with E-state index in [4.69, 9.17) is 9.47 Å². The summed E-state index contributed by atoms with van der Waals surface area (Å²) < 4.78 is 12.9. The Kier molecular flexibility index (Phi) is 6.38. The van der Waals surface area contributed by atoms with Gasteiger partial charge in [-0.05, 0) is 51.2 Å². The van der Waals surface area contributed by atoms with Crippen molar-refractivity contribution < 1.29 is 9.47 Å². The third kappa shape index (κ3) is 4.91. The summed E-state index contributed by atoms with van der Waals surface area (Å²) in [5.41, 5.74) is 1.56. The summed E-state index contributed by atoms with van der Waals surface area (Å²) >= 11 is 0. The van der Waals surface area contributed by atoms with Crippen LogP contribution < -0.4 is 25.7 Å². The van der Waals surface area contributed by atoms with Gasteiger partial charge in [-0.15, -0.1) is 0 Å². The average Bonchev–Trinajstić information content (AvgIpc) is 2.84. The Morgan fingerprint density at radius 1 is 1.03 bits per heavy atom. The number of benzene rings is 1. The number of anilines is 4. The molecule has 0 amide bonds. The Bertz CT molecular complexity index is 1450. The lowest BCUT2D eigenvalue weighted by Gasteiger charge is -2.39. The van der Waals surface area contributed by atoms with Gasteiger partial charge in [-0.2, -0.15) is 10.1 Å². The molecule has 1 aliphatic rings. The molecule has 0 saturated heterocycles. The second kappa shape index (κ2) is 9.78. The fourth-order valence-corrected chi connectivity index (χ4v) is 4.03. The number of aromatic nitrogens is 5. The maximum Gasteiger partial charge on any atom is 0.292 e. The van der Waals surface area contributed by atoms with Crippen molar-refractivity contribution in [1.29, 1.82) is 0 Å². The van der Waals surface area contributed by atoms with Gasteiger partial charge in [0.25, 0.3) is 5.56 Å². The first-order valence-electron chi connectivity index (χ1n) is 11.6. The van der Waals surface area contributed by atoms with Crippen molar-refractivity contribution in [3.05, 3.63) is 59.3 Å². The molecule has 0 unspecified atom stereocenters. The van der Waals surface area contributed by atoms with Gasteiger partial charge in [0, 0.05) is 36.4 Å². The molecule has 5 rings (SSSR count). The average molecular weight is 489 g/mol. The zero-order valence-electron chi connectivity index (χ0n) is 20.6. The van der Waals surface area contributed by atoms with Crippen LogP contribution in [0.5, 0.6) is 11.5 Å². The molecule has 36 heavy (non-hydrogen) atoms. The molecule has 4 aromatic rings. The number of aryl methyl sites for hydroxylation is 1. The van der Waals surface area contributed by atoms with E-state index in [-0.39, 0.29) is 11.7 Å². The van der Waals surface area contributed by atoms with Crippen LogP contribution in [0, 0.1) is 0 Å². The number of fused-ring (bicyclic) bond motifs is 1. The molecule has 0 aliphatic heterocycles. The number of hydrogen-bond acceptors (Lipinski definition) is 10. The quantitative estimate of drug-likeness (QED) is 0.383. The minimum absolute atomic E-state index is 0.194. The van der Waals surface area contributed by atoms with Crippen LogP contribution in [0.1, 0.15) is 12.8 Å². The summed E-state index contributed by atoms with van der Waals surface area (Å²) in [7, 11) is 7.40. The van der Waals surface area contributed by atoms with Crippen LogP contribution in [0.15, 0.2) is 53.7 Å². The molecule has 1 aliphatic carbocycles. The molecule has 3 heterocycles. The Balaban J connectivity index is 1.27. The number of methoxy groups -OCH3 is 1. The van der Waals surface area contributed by atoms with Crippen molar-refractivity contribution >= 4 is 34.0 Å². The minimum atomic E-state index is -0.245.